The van der Waals surface area contributed by atoms with Gasteiger partial charge in [-0.3, -0.25) is 0 Å². The fraction of sp³-hybridized carbons (Fsp3) is 0.455. The lowest BCUT2D eigenvalue weighted by atomic mass is 10.2. The highest BCUT2D eigenvalue weighted by atomic mass is 79.9. The average Bonchev–Trinajstić information content (AvgIpc) is 2.10. The lowest BCUT2D eigenvalue weighted by Crippen LogP contribution is -2.19. The Balaban J connectivity index is 2.47. The Bertz CT molecular complexity index is 297. The van der Waals surface area contributed by atoms with Crippen molar-refractivity contribution in [1.29, 1.82) is 0 Å². The van der Waals surface area contributed by atoms with E-state index in [9.17, 15) is 0 Å². The van der Waals surface area contributed by atoms with Gasteiger partial charge in [0.1, 0.15) is 0 Å². The second kappa shape index (κ2) is 5.37. The van der Waals surface area contributed by atoms with Crippen molar-refractivity contribution in [1.82, 2.24) is 0 Å². The maximum Gasteiger partial charge on any atom is 0.0343 e. The lowest BCUT2D eigenvalue weighted by Gasteiger charge is -2.09. The third-order valence-electron chi connectivity index (χ3n) is 2.09. The smallest absolute Gasteiger partial charge is 0.0343 e. The summed E-state index contributed by atoms with van der Waals surface area (Å²) in [4.78, 5) is 0. The maximum atomic E-state index is 5.66. The predicted octanol–water partition coefficient (Wildman–Crippen LogP) is 2.91. The molecule has 0 fully saturated rings. The molecule has 0 spiro atoms. The summed E-state index contributed by atoms with van der Waals surface area (Å²) in [6, 6.07) is 6.52. The van der Waals surface area contributed by atoms with Gasteiger partial charge in [-0.15, -0.1) is 0 Å². The van der Waals surface area contributed by atoms with Gasteiger partial charge in [0.15, 0.2) is 0 Å². The van der Waals surface area contributed by atoms with E-state index in [-0.39, 0.29) is 6.04 Å². The zero-order valence-electron chi connectivity index (χ0n) is 8.68. The van der Waals surface area contributed by atoms with Gasteiger partial charge in [-0.1, -0.05) is 15.9 Å². The maximum absolute atomic E-state index is 5.66. The van der Waals surface area contributed by atoms with Crippen LogP contribution in [0.1, 0.15) is 18.9 Å². The zero-order valence-corrected chi connectivity index (χ0v) is 10.3. The number of aryl methyl sites for hydroxylation is 1. The molecule has 0 saturated carbocycles. The minimum Gasteiger partial charge on any atom is -0.385 e. The summed E-state index contributed by atoms with van der Waals surface area (Å²) in [6.07, 6.45) is 0.995. The molecule has 2 nitrogen and oxygen atoms in total. The third-order valence-corrected chi connectivity index (χ3v) is 2.98. The zero-order chi connectivity index (χ0) is 10.6. The van der Waals surface area contributed by atoms with Crippen LogP contribution in [-0.2, 0) is 0 Å². The Morgan fingerprint density at radius 2 is 2.21 bits per heavy atom. The van der Waals surface area contributed by atoms with Gasteiger partial charge in [-0.2, -0.15) is 0 Å². The van der Waals surface area contributed by atoms with Crippen LogP contribution < -0.4 is 11.1 Å². The molecule has 0 aliphatic heterocycles. The molecule has 1 atom stereocenters. The van der Waals surface area contributed by atoms with Crippen LogP contribution in [0.2, 0.25) is 0 Å². The van der Waals surface area contributed by atoms with E-state index in [1.54, 1.807) is 0 Å². The first-order chi connectivity index (χ1) is 6.59. The molecule has 0 radical (unpaired) electrons. The summed E-state index contributed by atoms with van der Waals surface area (Å²) < 4.78 is 1.15. The number of hydrogen-bond acceptors (Lipinski definition) is 2. The van der Waals surface area contributed by atoms with E-state index in [0.29, 0.717) is 0 Å². The number of nitrogens with one attached hydrogen (secondary N) is 1. The number of anilines is 1. The SMILES string of the molecule is Cc1cc(NCCC(C)N)ccc1Br. The number of halogens is 1. The van der Waals surface area contributed by atoms with Crippen molar-refractivity contribution in [2.24, 2.45) is 5.73 Å². The van der Waals surface area contributed by atoms with Gasteiger partial charge in [0, 0.05) is 22.7 Å². The minimum absolute atomic E-state index is 0.263. The molecule has 0 aliphatic rings. The van der Waals surface area contributed by atoms with Gasteiger partial charge >= 0.3 is 0 Å². The Morgan fingerprint density at radius 1 is 1.50 bits per heavy atom. The van der Waals surface area contributed by atoms with Crippen molar-refractivity contribution < 1.29 is 0 Å². The van der Waals surface area contributed by atoms with Gasteiger partial charge in [-0.25, -0.2) is 0 Å². The van der Waals surface area contributed by atoms with Crippen LogP contribution in [0, 0.1) is 6.92 Å². The van der Waals surface area contributed by atoms with E-state index in [1.807, 2.05) is 6.92 Å². The van der Waals surface area contributed by atoms with E-state index < -0.39 is 0 Å². The van der Waals surface area contributed by atoms with Crippen molar-refractivity contribution in [2.75, 3.05) is 11.9 Å². The second-order valence-electron chi connectivity index (χ2n) is 3.66. The van der Waals surface area contributed by atoms with Crippen LogP contribution in [-0.4, -0.2) is 12.6 Å². The van der Waals surface area contributed by atoms with Crippen LogP contribution in [0.3, 0.4) is 0 Å². The van der Waals surface area contributed by atoms with Gasteiger partial charge in [0.05, 0.1) is 0 Å². The first-order valence-electron chi connectivity index (χ1n) is 4.85. The molecule has 0 aliphatic carbocycles. The summed E-state index contributed by atoms with van der Waals surface area (Å²) >= 11 is 3.47. The molecule has 1 unspecified atom stereocenters. The van der Waals surface area contributed by atoms with Gasteiger partial charge in [0.25, 0.3) is 0 Å². The first-order valence-corrected chi connectivity index (χ1v) is 5.64. The normalized spacial score (nSPS) is 12.6. The molecule has 3 heteroatoms. The Labute approximate surface area is 94.0 Å². The quantitative estimate of drug-likeness (QED) is 0.870. The third kappa shape index (κ3) is 3.68. The topological polar surface area (TPSA) is 38.0 Å². The molecule has 1 aromatic carbocycles. The van der Waals surface area contributed by atoms with Crippen molar-refractivity contribution in [3.63, 3.8) is 0 Å². The predicted molar refractivity (Wildman–Crippen MR) is 65.6 cm³/mol. The number of rotatable bonds is 4. The summed E-state index contributed by atoms with van der Waals surface area (Å²) in [5.74, 6) is 0. The molecular weight excluding hydrogens is 240 g/mol. The largest absolute Gasteiger partial charge is 0.385 e. The molecule has 0 heterocycles. The van der Waals surface area contributed by atoms with Crippen molar-refractivity contribution in [2.45, 2.75) is 26.3 Å². The molecule has 0 aromatic heterocycles. The number of hydrogen-bond donors (Lipinski definition) is 2. The highest BCUT2D eigenvalue weighted by Gasteiger charge is 1.97. The molecule has 14 heavy (non-hydrogen) atoms. The van der Waals surface area contributed by atoms with Crippen LogP contribution in [0.25, 0.3) is 0 Å². The average molecular weight is 257 g/mol. The van der Waals surface area contributed by atoms with Crippen LogP contribution in [0.4, 0.5) is 5.69 Å². The standard InChI is InChI=1S/C11H17BrN2/c1-8-7-10(3-4-11(8)12)14-6-5-9(2)13/h3-4,7,9,14H,5-6,13H2,1-2H3. The molecular formula is C11H17BrN2. The minimum atomic E-state index is 0.263. The van der Waals surface area contributed by atoms with E-state index in [2.05, 4.69) is 46.4 Å². The second-order valence-corrected chi connectivity index (χ2v) is 4.51. The summed E-state index contributed by atoms with van der Waals surface area (Å²) in [5, 5.41) is 3.34. The van der Waals surface area contributed by atoms with Crippen LogP contribution in [0.5, 0.6) is 0 Å². The first kappa shape index (κ1) is 11.5. The van der Waals surface area contributed by atoms with E-state index in [0.717, 1.165) is 23.1 Å². The van der Waals surface area contributed by atoms with E-state index >= 15 is 0 Å². The molecule has 0 amide bonds. The molecule has 1 aromatic rings. The summed E-state index contributed by atoms with van der Waals surface area (Å²) in [6.45, 7) is 5.04. The number of nitrogens with two attached hydrogens (primary N) is 1. The van der Waals surface area contributed by atoms with Gasteiger partial charge in [0.2, 0.25) is 0 Å². The Kier molecular flexibility index (Phi) is 4.42. The summed E-state index contributed by atoms with van der Waals surface area (Å²) in [5.41, 5.74) is 8.07. The van der Waals surface area contributed by atoms with Crippen molar-refractivity contribution >= 4 is 21.6 Å². The molecule has 0 saturated heterocycles. The molecule has 78 valence electrons. The van der Waals surface area contributed by atoms with Crippen LogP contribution >= 0.6 is 15.9 Å². The monoisotopic (exact) mass is 256 g/mol. The highest BCUT2D eigenvalue weighted by Crippen LogP contribution is 2.19. The highest BCUT2D eigenvalue weighted by molar-refractivity contribution is 9.10. The fourth-order valence-corrected chi connectivity index (χ4v) is 1.45. The molecule has 1 rings (SSSR count). The van der Waals surface area contributed by atoms with Gasteiger partial charge in [-0.05, 0) is 44.0 Å². The van der Waals surface area contributed by atoms with E-state index in [1.165, 1.54) is 5.56 Å². The molecule has 0 bridgehead atoms. The number of benzene rings is 1. The lowest BCUT2D eigenvalue weighted by molar-refractivity contribution is 0.690. The Morgan fingerprint density at radius 3 is 2.79 bits per heavy atom. The molecule has 3 N–H and O–H groups in total. The van der Waals surface area contributed by atoms with Crippen molar-refractivity contribution in [3.05, 3.63) is 28.2 Å². The van der Waals surface area contributed by atoms with Crippen LogP contribution in [0.15, 0.2) is 22.7 Å². The fourth-order valence-electron chi connectivity index (χ4n) is 1.20. The van der Waals surface area contributed by atoms with Crippen molar-refractivity contribution in [3.8, 4) is 0 Å². The van der Waals surface area contributed by atoms with Gasteiger partial charge < -0.3 is 11.1 Å². The Hall–Kier alpha value is -0.540. The summed E-state index contributed by atoms with van der Waals surface area (Å²) in [7, 11) is 0. The van der Waals surface area contributed by atoms with E-state index in [4.69, 9.17) is 5.73 Å².